The van der Waals surface area contributed by atoms with Crippen LogP contribution in [-0.4, -0.2) is 58.7 Å². The molecule has 0 aliphatic heterocycles. The first-order valence-corrected chi connectivity index (χ1v) is 6.85. The molecule has 0 unspecified atom stereocenters. The Balaban J connectivity index is 2.57. The van der Waals surface area contributed by atoms with Gasteiger partial charge in [-0.1, -0.05) is 6.92 Å². The van der Waals surface area contributed by atoms with Gasteiger partial charge in [-0.05, 0) is 13.0 Å². The van der Waals surface area contributed by atoms with E-state index in [1.807, 2.05) is 0 Å². The van der Waals surface area contributed by atoms with E-state index in [1.165, 1.54) is 22.9 Å². The summed E-state index contributed by atoms with van der Waals surface area (Å²) in [4.78, 5) is 12.7. The summed E-state index contributed by atoms with van der Waals surface area (Å²) in [5, 5.41) is 13.2. The van der Waals surface area contributed by atoms with Gasteiger partial charge in [0.05, 0.1) is 20.3 Å². The first-order valence-electron chi connectivity index (χ1n) is 6.85. The van der Waals surface area contributed by atoms with Gasteiger partial charge in [-0.25, -0.2) is 4.79 Å². The molecule has 0 atom stereocenters. The Morgan fingerprint density at radius 3 is 2.68 bits per heavy atom. The highest BCUT2D eigenvalue weighted by Crippen LogP contribution is 2.16. The van der Waals surface area contributed by atoms with Crippen LogP contribution in [0.4, 0.5) is 13.2 Å². The Morgan fingerprint density at radius 2 is 2.18 bits per heavy atom. The van der Waals surface area contributed by atoms with Gasteiger partial charge >= 0.3 is 12.1 Å². The van der Waals surface area contributed by atoms with E-state index in [1.54, 1.807) is 6.92 Å². The maximum atomic E-state index is 12.3. The molecule has 0 aliphatic rings. The minimum absolute atomic E-state index is 0.0210. The molecule has 6 nitrogen and oxygen atoms in total. The number of nitrogens with zero attached hydrogens (tertiary/aromatic N) is 3. The molecule has 1 aromatic heterocycles. The number of aliphatic hydroxyl groups excluding tert-OH is 1. The molecule has 1 heterocycles. The summed E-state index contributed by atoms with van der Waals surface area (Å²) in [5.41, 5.74) is 0.349. The molecule has 1 N–H and O–H groups in total. The van der Waals surface area contributed by atoms with E-state index in [9.17, 15) is 18.0 Å². The Morgan fingerprint density at radius 1 is 1.50 bits per heavy atom. The van der Waals surface area contributed by atoms with Gasteiger partial charge in [-0.15, -0.1) is 0 Å². The number of carbonyl (C=O) groups excluding carboxylic acids is 1. The van der Waals surface area contributed by atoms with Crippen molar-refractivity contribution in [2.24, 2.45) is 0 Å². The number of aliphatic hydroxyl groups is 1. The van der Waals surface area contributed by atoms with Crippen LogP contribution in [0.2, 0.25) is 0 Å². The number of methoxy groups -OCH3 is 1. The maximum Gasteiger partial charge on any atom is 0.401 e. The van der Waals surface area contributed by atoms with Crippen LogP contribution >= 0.6 is 0 Å². The van der Waals surface area contributed by atoms with E-state index in [4.69, 9.17) is 5.11 Å². The standard InChI is InChI=1S/C13H20F3N3O3/c1-3-18(9-13(14,15)16)5-4-6-19-7-10(8-20)11(17-19)12(21)22-2/h7,20H,3-6,8-9H2,1-2H3. The Bertz CT molecular complexity index is 489. The topological polar surface area (TPSA) is 67.6 Å². The minimum Gasteiger partial charge on any atom is -0.464 e. The summed E-state index contributed by atoms with van der Waals surface area (Å²) in [7, 11) is 1.21. The molecule has 0 amide bonds. The van der Waals surface area contributed by atoms with Gasteiger partial charge in [0, 0.05) is 24.8 Å². The maximum absolute atomic E-state index is 12.3. The smallest absolute Gasteiger partial charge is 0.401 e. The van der Waals surface area contributed by atoms with E-state index in [0.29, 0.717) is 25.1 Å². The number of aryl methyl sites for hydroxylation is 1. The lowest BCUT2D eigenvalue weighted by molar-refractivity contribution is -0.145. The van der Waals surface area contributed by atoms with Crippen molar-refractivity contribution in [3.8, 4) is 0 Å². The van der Waals surface area contributed by atoms with Crippen LogP contribution in [0.3, 0.4) is 0 Å². The van der Waals surface area contributed by atoms with Gasteiger partial charge in [0.15, 0.2) is 5.69 Å². The second-order valence-electron chi connectivity index (χ2n) is 4.75. The fourth-order valence-electron chi connectivity index (χ4n) is 2.02. The molecule has 9 heteroatoms. The zero-order valence-electron chi connectivity index (χ0n) is 12.6. The van der Waals surface area contributed by atoms with E-state index >= 15 is 0 Å². The average Bonchev–Trinajstić information content (AvgIpc) is 2.87. The van der Waals surface area contributed by atoms with Crippen molar-refractivity contribution in [2.45, 2.75) is 32.7 Å². The summed E-state index contributed by atoms with van der Waals surface area (Å²) in [5.74, 6) is -0.657. The first kappa shape index (κ1) is 18.4. The molecular formula is C13H20F3N3O3. The molecule has 0 radical (unpaired) electrons. The lowest BCUT2D eigenvalue weighted by Crippen LogP contribution is -2.35. The molecule has 0 saturated carbocycles. The highest BCUT2D eigenvalue weighted by molar-refractivity contribution is 5.88. The quantitative estimate of drug-likeness (QED) is 0.733. The number of rotatable bonds is 8. The van der Waals surface area contributed by atoms with Crippen LogP contribution in [0.25, 0.3) is 0 Å². The Hall–Kier alpha value is -1.61. The molecule has 0 fully saturated rings. The number of alkyl halides is 3. The SMILES string of the molecule is CCN(CCCn1cc(CO)c(C(=O)OC)n1)CC(F)(F)F. The monoisotopic (exact) mass is 323 g/mol. The van der Waals surface area contributed by atoms with E-state index < -0.39 is 18.7 Å². The van der Waals surface area contributed by atoms with E-state index in [2.05, 4.69) is 9.84 Å². The summed E-state index contributed by atoms with van der Waals surface area (Å²) in [6, 6.07) is 0. The predicted molar refractivity (Wildman–Crippen MR) is 72.3 cm³/mol. The van der Waals surface area contributed by atoms with Gasteiger partial charge in [0.2, 0.25) is 0 Å². The van der Waals surface area contributed by atoms with Crippen molar-refractivity contribution in [1.82, 2.24) is 14.7 Å². The molecule has 126 valence electrons. The van der Waals surface area contributed by atoms with Crippen LogP contribution < -0.4 is 0 Å². The second kappa shape index (κ2) is 8.14. The molecule has 1 rings (SSSR count). The number of carbonyl (C=O) groups is 1. The molecule has 22 heavy (non-hydrogen) atoms. The van der Waals surface area contributed by atoms with Crippen molar-refractivity contribution in [2.75, 3.05) is 26.7 Å². The van der Waals surface area contributed by atoms with Gasteiger partial charge in [-0.3, -0.25) is 9.58 Å². The van der Waals surface area contributed by atoms with Crippen LogP contribution in [0, 0.1) is 0 Å². The van der Waals surface area contributed by atoms with Gasteiger partial charge < -0.3 is 9.84 Å². The normalized spacial score (nSPS) is 12.0. The highest BCUT2D eigenvalue weighted by atomic mass is 19.4. The zero-order chi connectivity index (χ0) is 16.8. The molecule has 0 saturated heterocycles. The first-order chi connectivity index (χ1) is 10.3. The minimum atomic E-state index is -4.22. The number of hydrogen-bond donors (Lipinski definition) is 1. The zero-order valence-corrected chi connectivity index (χ0v) is 12.6. The summed E-state index contributed by atoms with van der Waals surface area (Å²) < 4.78 is 43.0. The van der Waals surface area contributed by atoms with E-state index in [-0.39, 0.29) is 18.8 Å². The number of ether oxygens (including phenoxy) is 1. The molecule has 0 aliphatic carbocycles. The molecule has 0 bridgehead atoms. The van der Waals surface area contributed by atoms with Crippen LogP contribution in [0.5, 0.6) is 0 Å². The number of esters is 1. The van der Waals surface area contributed by atoms with Gasteiger partial charge in [0.1, 0.15) is 0 Å². The van der Waals surface area contributed by atoms with Crippen molar-refractivity contribution in [3.63, 3.8) is 0 Å². The van der Waals surface area contributed by atoms with Gasteiger partial charge in [-0.2, -0.15) is 18.3 Å². The third kappa shape index (κ3) is 5.64. The fourth-order valence-corrected chi connectivity index (χ4v) is 2.02. The summed E-state index contributed by atoms with van der Waals surface area (Å²) in [6.45, 7) is 1.26. The second-order valence-corrected chi connectivity index (χ2v) is 4.75. The predicted octanol–water partition coefficient (Wildman–Crippen LogP) is 1.44. The Kier molecular flexibility index (Phi) is 6.82. The van der Waals surface area contributed by atoms with Crippen LogP contribution in [-0.2, 0) is 17.9 Å². The van der Waals surface area contributed by atoms with E-state index in [0.717, 1.165) is 0 Å². The molecule has 0 aromatic carbocycles. The highest BCUT2D eigenvalue weighted by Gasteiger charge is 2.29. The fraction of sp³-hybridized carbons (Fsp3) is 0.692. The summed E-state index contributed by atoms with van der Waals surface area (Å²) >= 11 is 0. The molecule has 0 spiro atoms. The van der Waals surface area contributed by atoms with Gasteiger partial charge in [0.25, 0.3) is 0 Å². The number of halogens is 3. The van der Waals surface area contributed by atoms with Crippen molar-refractivity contribution >= 4 is 5.97 Å². The third-order valence-corrected chi connectivity index (χ3v) is 3.10. The van der Waals surface area contributed by atoms with Crippen molar-refractivity contribution in [3.05, 3.63) is 17.5 Å². The number of aromatic nitrogens is 2. The molecule has 1 aromatic rings. The van der Waals surface area contributed by atoms with Crippen LogP contribution in [0.1, 0.15) is 29.4 Å². The third-order valence-electron chi connectivity index (χ3n) is 3.10. The van der Waals surface area contributed by atoms with Crippen LogP contribution in [0.15, 0.2) is 6.20 Å². The number of hydrogen-bond acceptors (Lipinski definition) is 5. The summed E-state index contributed by atoms with van der Waals surface area (Å²) in [6.07, 6.45) is -2.28. The molecular weight excluding hydrogens is 303 g/mol. The van der Waals surface area contributed by atoms with Crippen molar-refractivity contribution in [1.29, 1.82) is 0 Å². The Labute approximate surface area is 126 Å². The average molecular weight is 323 g/mol. The lowest BCUT2D eigenvalue weighted by atomic mass is 10.2. The largest absolute Gasteiger partial charge is 0.464 e. The lowest BCUT2D eigenvalue weighted by Gasteiger charge is -2.21. The van der Waals surface area contributed by atoms with Crippen molar-refractivity contribution < 1.29 is 27.8 Å².